The Hall–Kier alpha value is -9.27. The predicted octanol–water partition coefficient (Wildman–Crippen LogP) is 8.16. The van der Waals surface area contributed by atoms with Crippen LogP contribution in [0, 0.1) is 5.41 Å². The average Bonchev–Trinajstić information content (AvgIpc) is 3.73. The monoisotopic (exact) mass is 1090 g/mol. The molecule has 21 nitrogen and oxygen atoms in total. The SMILES string of the molecule is CCC(C)(C)C(=O)C(=O)N1CCCC[C@H]1C(=O)O[C@H](CCc1ccc(OC)c(OC)c1)c1cccc(OCC(=O)Nc2ccc(/N=N/c3ccc(NC(=O)COc4cccc5c4C(=O)N(C4CCC(=O)NC4=O)C5=O)cc3)cc2)c1. The maximum atomic E-state index is 14.1. The molecule has 21 heteroatoms. The number of piperidine rings is 2. The molecule has 0 spiro atoms. The molecule has 416 valence electrons. The molecular formula is C59H61N7O14. The number of ketones is 1. The van der Waals surface area contributed by atoms with E-state index in [9.17, 15) is 43.2 Å². The number of fused-ring (bicyclic) bond motifs is 1. The van der Waals surface area contributed by atoms with E-state index in [0.29, 0.717) is 84.1 Å². The van der Waals surface area contributed by atoms with Crippen LogP contribution >= 0.6 is 0 Å². The molecule has 7 amide bonds. The van der Waals surface area contributed by atoms with Crippen LogP contribution in [0.15, 0.2) is 119 Å². The minimum atomic E-state index is -1.15. The van der Waals surface area contributed by atoms with E-state index in [1.807, 2.05) is 19.1 Å². The van der Waals surface area contributed by atoms with Gasteiger partial charge in [-0.25, -0.2) is 4.79 Å². The fourth-order valence-electron chi connectivity index (χ4n) is 9.28. The van der Waals surface area contributed by atoms with Crippen LogP contribution in [-0.4, -0.2) is 109 Å². The van der Waals surface area contributed by atoms with Crippen LogP contribution in [0.3, 0.4) is 0 Å². The van der Waals surface area contributed by atoms with Crippen molar-refractivity contribution in [3.05, 3.63) is 131 Å². The van der Waals surface area contributed by atoms with Gasteiger partial charge in [-0.1, -0.05) is 45.0 Å². The second kappa shape index (κ2) is 25.5. The number of methoxy groups -OCH3 is 2. The van der Waals surface area contributed by atoms with Crippen LogP contribution in [0.5, 0.6) is 23.0 Å². The van der Waals surface area contributed by atoms with Gasteiger partial charge in [0.15, 0.2) is 24.7 Å². The van der Waals surface area contributed by atoms with E-state index in [0.717, 1.165) is 10.5 Å². The number of azo groups is 1. The number of nitrogens with one attached hydrogen (secondary N) is 3. The smallest absolute Gasteiger partial charge is 0.329 e. The number of Topliss-reactive ketones (excluding diaryl/α,β-unsaturated/α-hetero) is 1. The number of aryl methyl sites for hydroxylation is 1. The van der Waals surface area contributed by atoms with Crippen molar-refractivity contribution in [2.75, 3.05) is 44.6 Å². The number of hydrogen-bond donors (Lipinski definition) is 3. The number of imide groups is 2. The first kappa shape index (κ1) is 56.9. The van der Waals surface area contributed by atoms with Gasteiger partial charge < -0.3 is 39.2 Å². The van der Waals surface area contributed by atoms with Crippen molar-refractivity contribution >= 4 is 75.9 Å². The summed E-state index contributed by atoms with van der Waals surface area (Å²) < 4.78 is 28.8. The number of likely N-dealkylation sites (tertiary alicyclic amines) is 1. The molecular weight excluding hydrogens is 1030 g/mol. The molecule has 5 aromatic rings. The number of carbonyl (C=O) groups is 9. The second-order valence-corrected chi connectivity index (χ2v) is 19.9. The lowest BCUT2D eigenvalue weighted by Gasteiger charge is -2.36. The van der Waals surface area contributed by atoms with Gasteiger partial charge in [0, 0.05) is 29.8 Å². The van der Waals surface area contributed by atoms with Crippen molar-refractivity contribution in [3.8, 4) is 23.0 Å². The summed E-state index contributed by atoms with van der Waals surface area (Å²) in [7, 11) is 3.10. The minimum absolute atomic E-state index is 0.00107. The quantitative estimate of drug-likeness (QED) is 0.0256. The van der Waals surface area contributed by atoms with Crippen molar-refractivity contribution in [2.45, 2.75) is 90.3 Å². The van der Waals surface area contributed by atoms with Crippen molar-refractivity contribution in [3.63, 3.8) is 0 Å². The molecule has 1 unspecified atom stereocenters. The maximum Gasteiger partial charge on any atom is 0.329 e. The Morgan fingerprint density at radius 2 is 1.38 bits per heavy atom. The summed E-state index contributed by atoms with van der Waals surface area (Å²) in [5.41, 5.74) is 2.40. The van der Waals surface area contributed by atoms with Crippen molar-refractivity contribution in [2.24, 2.45) is 15.6 Å². The van der Waals surface area contributed by atoms with Crippen LogP contribution < -0.4 is 34.9 Å². The summed E-state index contributed by atoms with van der Waals surface area (Å²) >= 11 is 0. The molecule has 80 heavy (non-hydrogen) atoms. The molecule has 0 aromatic heterocycles. The van der Waals surface area contributed by atoms with Gasteiger partial charge in [-0.05, 0) is 141 Å². The topological polar surface area (TPSA) is 267 Å². The van der Waals surface area contributed by atoms with Crippen LogP contribution in [0.1, 0.15) is 104 Å². The predicted molar refractivity (Wildman–Crippen MR) is 290 cm³/mol. The minimum Gasteiger partial charge on any atom is -0.493 e. The van der Waals surface area contributed by atoms with Crippen molar-refractivity contribution in [1.29, 1.82) is 0 Å². The Balaban J connectivity index is 0.833. The molecule has 2 fully saturated rings. The van der Waals surface area contributed by atoms with Crippen LogP contribution in [-0.2, 0) is 44.7 Å². The second-order valence-electron chi connectivity index (χ2n) is 19.9. The summed E-state index contributed by atoms with van der Waals surface area (Å²) in [5.74, 6) is -4.08. The summed E-state index contributed by atoms with van der Waals surface area (Å²) in [4.78, 5) is 120. The molecule has 3 heterocycles. The molecule has 3 aliphatic heterocycles. The number of rotatable bonds is 22. The fourth-order valence-corrected chi connectivity index (χ4v) is 9.28. The Bertz CT molecular complexity index is 3230. The van der Waals surface area contributed by atoms with E-state index in [-0.39, 0.29) is 42.9 Å². The number of benzene rings is 5. The number of hydrogen-bond acceptors (Lipinski definition) is 16. The molecule has 3 aliphatic rings. The molecule has 8 rings (SSSR count). The molecule has 3 atom stereocenters. The first-order valence-electron chi connectivity index (χ1n) is 26.1. The van der Waals surface area contributed by atoms with Crippen molar-refractivity contribution in [1.82, 2.24) is 15.1 Å². The number of esters is 1. The van der Waals surface area contributed by atoms with Gasteiger partial charge in [0.25, 0.3) is 29.5 Å². The molecule has 2 saturated heterocycles. The summed E-state index contributed by atoms with van der Waals surface area (Å²) in [5, 5.41) is 16.2. The third-order valence-electron chi connectivity index (χ3n) is 14.1. The van der Waals surface area contributed by atoms with E-state index in [1.165, 1.54) is 23.1 Å². The van der Waals surface area contributed by atoms with E-state index in [2.05, 4.69) is 26.2 Å². The van der Waals surface area contributed by atoms with Gasteiger partial charge in [0.1, 0.15) is 29.7 Å². The average molecular weight is 1090 g/mol. The highest BCUT2D eigenvalue weighted by Gasteiger charge is 2.46. The van der Waals surface area contributed by atoms with Gasteiger partial charge >= 0.3 is 5.97 Å². The molecule has 0 saturated carbocycles. The summed E-state index contributed by atoms with van der Waals surface area (Å²) in [6, 6.07) is 27.8. The molecule has 5 aromatic carbocycles. The lowest BCUT2D eigenvalue weighted by atomic mass is 9.84. The molecule has 0 bridgehead atoms. The van der Waals surface area contributed by atoms with Crippen LogP contribution in [0.4, 0.5) is 22.7 Å². The van der Waals surface area contributed by atoms with Crippen LogP contribution in [0.25, 0.3) is 0 Å². The van der Waals surface area contributed by atoms with Gasteiger partial charge in [-0.15, -0.1) is 0 Å². The largest absolute Gasteiger partial charge is 0.493 e. The first-order valence-corrected chi connectivity index (χ1v) is 26.1. The number of nitrogens with zero attached hydrogens (tertiary/aromatic N) is 4. The standard InChI is InChI=1S/C59H61N7O14/c1-6-59(2,3)53(70)57(74)65-30-8-7-14-44(65)58(75)80-45(27-16-35-17-28-46(76-4)48(31-35)77-5)36-11-9-12-41(32-36)78-33-50(68)60-37-18-22-39(23-19-37)63-64-40-24-20-38(21-25-40)61-51(69)34-79-47-15-10-13-42-52(47)56(73)66(55(42)72)43-26-29-49(67)62-54(43)71/h9-13,15,17-25,28,31-32,43-45H,6-8,14,16,26-27,29-30,33-34H2,1-5H3,(H,60,68)(H,61,69)(H,62,67,71)/b64-63+/t43?,44-,45+/m0/s1. The van der Waals surface area contributed by atoms with Gasteiger partial charge in [0.2, 0.25) is 17.6 Å². The third-order valence-corrected chi connectivity index (χ3v) is 14.1. The summed E-state index contributed by atoms with van der Waals surface area (Å²) in [6.07, 6.45) is 2.14. The molecule has 0 aliphatic carbocycles. The third kappa shape index (κ3) is 13.5. The number of ether oxygens (including phenoxy) is 5. The van der Waals surface area contributed by atoms with E-state index in [4.69, 9.17) is 23.7 Å². The van der Waals surface area contributed by atoms with Gasteiger partial charge in [-0.3, -0.25) is 48.6 Å². The van der Waals surface area contributed by atoms with E-state index >= 15 is 0 Å². The lowest BCUT2D eigenvalue weighted by molar-refractivity contribution is -0.164. The first-order chi connectivity index (χ1) is 38.5. The lowest BCUT2D eigenvalue weighted by Crippen LogP contribution is -2.54. The Morgan fingerprint density at radius 3 is 2.01 bits per heavy atom. The highest BCUT2D eigenvalue weighted by molar-refractivity contribution is 6.38. The molecule has 3 N–H and O–H groups in total. The van der Waals surface area contributed by atoms with Gasteiger partial charge in [0.05, 0.1) is 36.7 Å². The zero-order valence-electron chi connectivity index (χ0n) is 44.9. The highest BCUT2D eigenvalue weighted by Crippen LogP contribution is 2.36. The zero-order chi connectivity index (χ0) is 57.1. The van der Waals surface area contributed by atoms with Gasteiger partial charge in [-0.2, -0.15) is 10.2 Å². The normalized spacial score (nSPS) is 16.6. The van der Waals surface area contributed by atoms with Crippen LogP contribution in [0.2, 0.25) is 0 Å². The Morgan fingerprint density at radius 1 is 0.725 bits per heavy atom. The number of amides is 7. The molecule has 0 radical (unpaired) electrons. The number of anilines is 2. The van der Waals surface area contributed by atoms with Crippen molar-refractivity contribution < 1.29 is 66.8 Å². The number of carbonyl (C=O) groups excluding carboxylic acids is 9. The maximum absolute atomic E-state index is 14.1. The Labute approximate surface area is 461 Å². The van der Waals surface area contributed by atoms with E-state index in [1.54, 1.807) is 107 Å². The Kier molecular flexibility index (Phi) is 18.1. The fraction of sp³-hybridized carbons (Fsp3) is 0.339. The highest BCUT2D eigenvalue weighted by atomic mass is 16.5. The van der Waals surface area contributed by atoms with E-state index < -0.39 is 83.3 Å². The zero-order valence-corrected chi connectivity index (χ0v) is 44.9. The summed E-state index contributed by atoms with van der Waals surface area (Å²) in [6.45, 7) is 4.70.